The number of ether oxygens (including phenoxy) is 1. The minimum absolute atomic E-state index is 0.0357. The van der Waals surface area contributed by atoms with Crippen LogP contribution in [0.1, 0.15) is 27.3 Å². The Kier molecular flexibility index (Phi) is 4.99. The van der Waals surface area contributed by atoms with Gasteiger partial charge in [0.1, 0.15) is 5.69 Å². The first-order valence-electron chi connectivity index (χ1n) is 5.48. The molecule has 0 aliphatic heterocycles. The molecule has 0 radical (unpaired) electrons. The molecule has 1 rings (SSSR count). The quantitative estimate of drug-likeness (QED) is 0.775. The Bertz CT molecular complexity index is 501. The number of hydrogen-bond donors (Lipinski definition) is 1. The van der Waals surface area contributed by atoms with E-state index in [1.54, 1.807) is 0 Å². The molecule has 19 heavy (non-hydrogen) atoms. The lowest BCUT2D eigenvalue weighted by Crippen LogP contribution is -2.31. The third kappa shape index (κ3) is 3.77. The fourth-order valence-electron chi connectivity index (χ4n) is 1.39. The van der Waals surface area contributed by atoms with Crippen LogP contribution in [0.15, 0.2) is 18.3 Å². The van der Waals surface area contributed by atoms with Gasteiger partial charge in [0.05, 0.1) is 19.1 Å². The number of carboxylic acid groups (broad SMARTS) is 1. The number of carbonyl (C=O) groups excluding carboxylic acids is 2. The summed E-state index contributed by atoms with van der Waals surface area (Å²) < 4.78 is 4.46. The highest BCUT2D eigenvalue weighted by Crippen LogP contribution is 2.08. The van der Waals surface area contributed by atoms with Crippen molar-refractivity contribution in [2.24, 2.45) is 0 Å². The highest BCUT2D eigenvalue weighted by Gasteiger charge is 2.21. The van der Waals surface area contributed by atoms with Crippen molar-refractivity contribution in [2.45, 2.75) is 6.42 Å². The molecule has 0 bridgehead atoms. The summed E-state index contributed by atoms with van der Waals surface area (Å²) in [7, 11) is 2.72. The predicted octanol–water partition coefficient (Wildman–Crippen LogP) is 0.415. The number of hydrogen-bond acceptors (Lipinski definition) is 5. The summed E-state index contributed by atoms with van der Waals surface area (Å²) in [5, 5.41) is 8.97. The number of rotatable bonds is 5. The fourth-order valence-corrected chi connectivity index (χ4v) is 1.39. The minimum atomic E-state index is -1.22. The molecule has 7 nitrogen and oxygen atoms in total. The SMILES string of the molecule is COC(=O)CCN(C)C(=O)c1ncccc1C(=O)O. The second kappa shape index (κ2) is 6.48. The third-order valence-electron chi connectivity index (χ3n) is 2.47. The maximum Gasteiger partial charge on any atom is 0.338 e. The van der Waals surface area contributed by atoms with E-state index in [2.05, 4.69) is 9.72 Å². The lowest BCUT2D eigenvalue weighted by molar-refractivity contribution is -0.140. The summed E-state index contributed by atoms with van der Waals surface area (Å²) in [5.74, 6) is -2.22. The number of carboxylic acids is 1. The Morgan fingerprint density at radius 3 is 2.68 bits per heavy atom. The van der Waals surface area contributed by atoms with Crippen LogP contribution in [0.2, 0.25) is 0 Å². The zero-order chi connectivity index (χ0) is 14.4. The second-order valence-corrected chi connectivity index (χ2v) is 3.76. The fraction of sp³-hybridized carbons (Fsp3) is 0.333. The molecule has 1 N–H and O–H groups in total. The average Bonchev–Trinajstić information content (AvgIpc) is 2.43. The first-order chi connectivity index (χ1) is 8.97. The van der Waals surface area contributed by atoms with Gasteiger partial charge in [0, 0.05) is 19.8 Å². The van der Waals surface area contributed by atoms with Crippen molar-refractivity contribution in [2.75, 3.05) is 20.7 Å². The number of amides is 1. The number of aromatic nitrogens is 1. The van der Waals surface area contributed by atoms with Crippen LogP contribution < -0.4 is 0 Å². The monoisotopic (exact) mass is 266 g/mol. The second-order valence-electron chi connectivity index (χ2n) is 3.76. The van der Waals surface area contributed by atoms with Crippen molar-refractivity contribution in [3.63, 3.8) is 0 Å². The number of methoxy groups -OCH3 is 1. The van der Waals surface area contributed by atoms with E-state index in [-0.39, 0.29) is 24.2 Å². The van der Waals surface area contributed by atoms with Gasteiger partial charge in [-0.05, 0) is 12.1 Å². The van der Waals surface area contributed by atoms with Crippen LogP contribution in [0.3, 0.4) is 0 Å². The van der Waals surface area contributed by atoms with Gasteiger partial charge in [-0.3, -0.25) is 14.6 Å². The highest BCUT2D eigenvalue weighted by molar-refractivity contribution is 6.03. The number of carbonyl (C=O) groups is 3. The molecule has 0 aliphatic carbocycles. The van der Waals surface area contributed by atoms with Gasteiger partial charge in [-0.1, -0.05) is 0 Å². The van der Waals surface area contributed by atoms with Gasteiger partial charge in [-0.2, -0.15) is 0 Å². The molecule has 0 fully saturated rings. The van der Waals surface area contributed by atoms with E-state index in [0.29, 0.717) is 0 Å². The van der Waals surface area contributed by atoms with Gasteiger partial charge >= 0.3 is 11.9 Å². The standard InChI is InChI=1S/C12H14N2O5/c1-14(7-5-9(15)19-2)11(16)10-8(12(17)18)4-3-6-13-10/h3-4,6H,5,7H2,1-2H3,(H,17,18). The summed E-state index contributed by atoms with van der Waals surface area (Å²) >= 11 is 0. The summed E-state index contributed by atoms with van der Waals surface area (Å²) in [6, 6.07) is 2.74. The zero-order valence-electron chi connectivity index (χ0n) is 10.6. The van der Waals surface area contributed by atoms with Gasteiger partial charge in [0.25, 0.3) is 5.91 Å². The third-order valence-corrected chi connectivity index (χ3v) is 2.47. The Hall–Kier alpha value is -2.44. The Balaban J connectivity index is 2.82. The molecular weight excluding hydrogens is 252 g/mol. The first-order valence-corrected chi connectivity index (χ1v) is 5.48. The predicted molar refractivity (Wildman–Crippen MR) is 64.8 cm³/mol. The van der Waals surface area contributed by atoms with Gasteiger partial charge in [-0.25, -0.2) is 4.79 Å². The van der Waals surface area contributed by atoms with Crippen LogP contribution in [0.4, 0.5) is 0 Å². The van der Waals surface area contributed by atoms with E-state index in [1.807, 2.05) is 0 Å². The maximum absolute atomic E-state index is 12.0. The molecular formula is C12H14N2O5. The zero-order valence-corrected chi connectivity index (χ0v) is 10.6. The molecule has 0 saturated heterocycles. The average molecular weight is 266 g/mol. The number of aromatic carboxylic acids is 1. The lowest BCUT2D eigenvalue weighted by atomic mass is 10.1. The van der Waals surface area contributed by atoms with Crippen molar-refractivity contribution in [1.82, 2.24) is 9.88 Å². The van der Waals surface area contributed by atoms with E-state index in [4.69, 9.17) is 5.11 Å². The van der Waals surface area contributed by atoms with Crippen molar-refractivity contribution in [3.8, 4) is 0 Å². The van der Waals surface area contributed by atoms with Gasteiger partial charge in [0.15, 0.2) is 0 Å². The largest absolute Gasteiger partial charge is 0.478 e. The van der Waals surface area contributed by atoms with Gasteiger partial charge < -0.3 is 14.7 Å². The molecule has 1 heterocycles. The molecule has 102 valence electrons. The van der Waals surface area contributed by atoms with E-state index >= 15 is 0 Å². The van der Waals surface area contributed by atoms with Crippen molar-refractivity contribution in [1.29, 1.82) is 0 Å². The lowest BCUT2D eigenvalue weighted by Gasteiger charge is -2.16. The van der Waals surface area contributed by atoms with Crippen LogP contribution >= 0.6 is 0 Å². The molecule has 1 aromatic heterocycles. The molecule has 1 amide bonds. The highest BCUT2D eigenvalue weighted by atomic mass is 16.5. The molecule has 0 unspecified atom stereocenters. The summed E-state index contributed by atoms with van der Waals surface area (Å²) in [5.41, 5.74) is -0.320. The van der Waals surface area contributed by atoms with Crippen molar-refractivity contribution in [3.05, 3.63) is 29.6 Å². The van der Waals surface area contributed by atoms with Crippen LogP contribution in [0.5, 0.6) is 0 Å². The molecule has 0 aliphatic rings. The molecule has 0 atom stereocenters. The topological polar surface area (TPSA) is 96.8 Å². The minimum Gasteiger partial charge on any atom is -0.478 e. The molecule has 1 aromatic rings. The normalized spacial score (nSPS) is 9.79. The van der Waals surface area contributed by atoms with Crippen LogP contribution in [0, 0.1) is 0 Å². The molecule has 0 aromatic carbocycles. The first kappa shape index (κ1) is 14.6. The van der Waals surface area contributed by atoms with E-state index in [1.165, 1.54) is 37.4 Å². The summed E-state index contributed by atoms with van der Waals surface area (Å²) in [4.78, 5) is 39.0. The smallest absolute Gasteiger partial charge is 0.338 e. The van der Waals surface area contributed by atoms with Crippen molar-refractivity contribution < 1.29 is 24.2 Å². The number of esters is 1. The van der Waals surface area contributed by atoms with E-state index < -0.39 is 17.8 Å². The Labute approximate surface area is 109 Å². The van der Waals surface area contributed by atoms with E-state index in [0.717, 1.165) is 0 Å². The number of pyridine rings is 1. The van der Waals surface area contributed by atoms with E-state index in [9.17, 15) is 14.4 Å². The number of nitrogens with zero attached hydrogens (tertiary/aromatic N) is 2. The van der Waals surface area contributed by atoms with Crippen molar-refractivity contribution >= 4 is 17.8 Å². The Morgan fingerprint density at radius 2 is 2.11 bits per heavy atom. The van der Waals surface area contributed by atoms with Gasteiger partial charge in [-0.15, -0.1) is 0 Å². The summed E-state index contributed by atoms with van der Waals surface area (Å²) in [6.45, 7) is 0.126. The molecule has 0 saturated carbocycles. The molecule has 7 heteroatoms. The Morgan fingerprint density at radius 1 is 1.42 bits per heavy atom. The van der Waals surface area contributed by atoms with Crippen LogP contribution in [-0.2, 0) is 9.53 Å². The summed E-state index contributed by atoms with van der Waals surface area (Å²) in [6.07, 6.45) is 1.38. The maximum atomic E-state index is 12.0. The van der Waals surface area contributed by atoms with Crippen LogP contribution in [-0.4, -0.2) is 53.5 Å². The molecule has 0 spiro atoms. The van der Waals surface area contributed by atoms with Crippen LogP contribution in [0.25, 0.3) is 0 Å². The van der Waals surface area contributed by atoms with Gasteiger partial charge in [0.2, 0.25) is 0 Å².